The van der Waals surface area contributed by atoms with Gasteiger partial charge in [-0.2, -0.15) is 0 Å². The zero-order valence-corrected chi connectivity index (χ0v) is 15.8. The molecular formula is C18H22BrN3O3. The third-order valence-electron chi connectivity index (χ3n) is 4.32. The molecule has 134 valence electrons. The molecule has 1 saturated heterocycles. The molecule has 3 rings (SSSR count). The van der Waals surface area contributed by atoms with Crippen LogP contribution in [-0.4, -0.2) is 48.0 Å². The van der Waals surface area contributed by atoms with E-state index in [-0.39, 0.29) is 18.2 Å². The minimum absolute atomic E-state index is 0.117. The summed E-state index contributed by atoms with van der Waals surface area (Å²) >= 11 is 3.44. The number of nitrogens with one attached hydrogen (secondary N) is 2. The Hall–Kier alpha value is -1.86. The molecule has 2 aromatic rings. The molecule has 25 heavy (non-hydrogen) atoms. The first-order valence-corrected chi connectivity index (χ1v) is 9.38. The number of likely N-dealkylation sites (tertiary alicyclic amines) is 1. The first-order chi connectivity index (χ1) is 12.1. The fourth-order valence-electron chi connectivity index (χ4n) is 3.15. The van der Waals surface area contributed by atoms with Gasteiger partial charge < -0.3 is 15.0 Å². The van der Waals surface area contributed by atoms with E-state index in [2.05, 4.69) is 31.1 Å². The highest BCUT2D eigenvalue weighted by Crippen LogP contribution is 2.31. The molecule has 0 aliphatic carbocycles. The monoisotopic (exact) mass is 407 g/mol. The van der Waals surface area contributed by atoms with E-state index in [0.717, 1.165) is 41.3 Å². The minimum Gasteiger partial charge on any atom is -0.461 e. The summed E-state index contributed by atoms with van der Waals surface area (Å²) in [4.78, 5) is 30.0. The molecule has 1 aliphatic heterocycles. The molecule has 1 aromatic heterocycles. The maximum Gasteiger partial charge on any atom is 0.356 e. The molecule has 1 amide bonds. The summed E-state index contributed by atoms with van der Waals surface area (Å²) in [5, 5.41) is 3.70. The van der Waals surface area contributed by atoms with Crippen LogP contribution in [0.3, 0.4) is 0 Å². The number of carbonyl (C=O) groups is 2. The maximum atomic E-state index is 12.5. The van der Waals surface area contributed by atoms with Gasteiger partial charge in [0.2, 0.25) is 5.91 Å². The zero-order valence-electron chi connectivity index (χ0n) is 14.2. The van der Waals surface area contributed by atoms with Crippen LogP contribution in [0, 0.1) is 0 Å². The van der Waals surface area contributed by atoms with Gasteiger partial charge in [0.1, 0.15) is 5.69 Å². The molecule has 7 heteroatoms. The Bertz CT molecular complexity index is 781. The van der Waals surface area contributed by atoms with Crippen molar-refractivity contribution in [3.63, 3.8) is 0 Å². The lowest BCUT2D eigenvalue weighted by molar-refractivity contribution is -0.117. The lowest BCUT2D eigenvalue weighted by Crippen LogP contribution is -2.37. The number of rotatable bonds is 5. The SMILES string of the molecule is CCOC(=O)c1[nH]c2ccc(Br)cc2c1NC(=O)CN1CCCCC1. The summed E-state index contributed by atoms with van der Waals surface area (Å²) in [5.74, 6) is -0.587. The van der Waals surface area contributed by atoms with Crippen molar-refractivity contribution < 1.29 is 14.3 Å². The number of anilines is 1. The summed E-state index contributed by atoms with van der Waals surface area (Å²) in [6.45, 7) is 4.25. The zero-order chi connectivity index (χ0) is 17.8. The molecule has 6 nitrogen and oxygen atoms in total. The summed E-state index contributed by atoms with van der Waals surface area (Å²) in [6.07, 6.45) is 3.48. The first-order valence-electron chi connectivity index (χ1n) is 8.59. The lowest BCUT2D eigenvalue weighted by Gasteiger charge is -2.25. The summed E-state index contributed by atoms with van der Waals surface area (Å²) < 4.78 is 5.99. The lowest BCUT2D eigenvalue weighted by atomic mass is 10.1. The van der Waals surface area contributed by atoms with Gasteiger partial charge in [0.05, 0.1) is 18.8 Å². The van der Waals surface area contributed by atoms with Crippen molar-refractivity contribution in [2.24, 2.45) is 0 Å². The Morgan fingerprint density at radius 1 is 1.28 bits per heavy atom. The predicted octanol–water partition coefficient (Wildman–Crippen LogP) is 3.53. The number of carbonyl (C=O) groups excluding carboxylic acids is 2. The van der Waals surface area contributed by atoms with Gasteiger partial charge >= 0.3 is 5.97 Å². The van der Waals surface area contributed by atoms with Gasteiger partial charge in [0, 0.05) is 15.4 Å². The van der Waals surface area contributed by atoms with Crippen molar-refractivity contribution in [1.82, 2.24) is 9.88 Å². The fourth-order valence-corrected chi connectivity index (χ4v) is 3.51. The second kappa shape index (κ2) is 8.01. The van der Waals surface area contributed by atoms with Gasteiger partial charge in [-0.1, -0.05) is 22.4 Å². The predicted molar refractivity (Wildman–Crippen MR) is 101 cm³/mol. The van der Waals surface area contributed by atoms with Crippen molar-refractivity contribution in [3.8, 4) is 0 Å². The van der Waals surface area contributed by atoms with Crippen molar-refractivity contribution in [2.45, 2.75) is 26.2 Å². The number of halogens is 1. The largest absolute Gasteiger partial charge is 0.461 e. The van der Waals surface area contributed by atoms with Crippen LogP contribution in [0.1, 0.15) is 36.7 Å². The number of ether oxygens (including phenoxy) is 1. The van der Waals surface area contributed by atoms with Gasteiger partial charge in [-0.15, -0.1) is 0 Å². The van der Waals surface area contributed by atoms with Gasteiger partial charge in [-0.05, 0) is 51.1 Å². The molecule has 0 saturated carbocycles. The number of aromatic amines is 1. The number of esters is 1. The fraction of sp³-hybridized carbons (Fsp3) is 0.444. The van der Waals surface area contributed by atoms with Crippen molar-refractivity contribution in [2.75, 3.05) is 31.6 Å². The smallest absolute Gasteiger partial charge is 0.356 e. The van der Waals surface area contributed by atoms with E-state index in [4.69, 9.17) is 4.74 Å². The van der Waals surface area contributed by atoms with E-state index < -0.39 is 5.97 Å². The van der Waals surface area contributed by atoms with Crippen LogP contribution >= 0.6 is 15.9 Å². The van der Waals surface area contributed by atoms with E-state index in [1.54, 1.807) is 6.92 Å². The number of hydrogen-bond donors (Lipinski definition) is 2. The number of piperidine rings is 1. The van der Waals surface area contributed by atoms with Crippen molar-refractivity contribution >= 4 is 44.4 Å². The number of hydrogen-bond acceptors (Lipinski definition) is 4. The van der Waals surface area contributed by atoms with Crippen LogP contribution in [0.4, 0.5) is 5.69 Å². The van der Waals surface area contributed by atoms with Crippen molar-refractivity contribution in [1.29, 1.82) is 0 Å². The second-order valence-corrected chi connectivity index (χ2v) is 7.09. The summed E-state index contributed by atoms with van der Waals surface area (Å²) in [6, 6.07) is 5.63. The van der Waals surface area contributed by atoms with Crippen LogP contribution in [0.25, 0.3) is 10.9 Å². The molecule has 1 aromatic carbocycles. The molecule has 0 radical (unpaired) electrons. The Balaban J connectivity index is 1.86. The van der Waals surface area contributed by atoms with E-state index in [9.17, 15) is 9.59 Å². The van der Waals surface area contributed by atoms with Gasteiger partial charge in [-0.3, -0.25) is 9.69 Å². The minimum atomic E-state index is -0.469. The number of fused-ring (bicyclic) bond motifs is 1. The van der Waals surface area contributed by atoms with E-state index in [1.807, 2.05) is 18.2 Å². The summed E-state index contributed by atoms with van der Waals surface area (Å²) in [5.41, 5.74) is 1.54. The standard InChI is InChI=1S/C18H22BrN3O3/c1-2-25-18(24)17-16(13-10-12(19)6-7-14(13)20-17)21-15(23)11-22-8-4-3-5-9-22/h6-7,10,20H,2-5,8-9,11H2,1H3,(H,21,23). The van der Waals surface area contributed by atoms with Crippen LogP contribution in [0.15, 0.2) is 22.7 Å². The average molecular weight is 408 g/mol. The van der Waals surface area contributed by atoms with Crippen LogP contribution in [0.2, 0.25) is 0 Å². The second-order valence-electron chi connectivity index (χ2n) is 6.17. The molecule has 1 fully saturated rings. The Kier molecular flexibility index (Phi) is 5.75. The third-order valence-corrected chi connectivity index (χ3v) is 4.81. The van der Waals surface area contributed by atoms with Crippen LogP contribution < -0.4 is 5.32 Å². The quantitative estimate of drug-likeness (QED) is 0.743. The van der Waals surface area contributed by atoms with E-state index in [0.29, 0.717) is 12.2 Å². The van der Waals surface area contributed by atoms with Crippen LogP contribution in [-0.2, 0) is 9.53 Å². The molecule has 2 heterocycles. The van der Waals surface area contributed by atoms with Gasteiger partial charge in [-0.25, -0.2) is 4.79 Å². The van der Waals surface area contributed by atoms with E-state index in [1.165, 1.54) is 6.42 Å². The number of aromatic nitrogens is 1. The highest BCUT2D eigenvalue weighted by molar-refractivity contribution is 9.10. The molecule has 2 N–H and O–H groups in total. The molecular weight excluding hydrogens is 386 g/mol. The maximum absolute atomic E-state index is 12.5. The van der Waals surface area contributed by atoms with Gasteiger partial charge in [0.15, 0.2) is 0 Å². The van der Waals surface area contributed by atoms with Gasteiger partial charge in [0.25, 0.3) is 0 Å². The first kappa shape index (κ1) is 17.9. The number of amides is 1. The number of H-pyrrole nitrogens is 1. The Morgan fingerprint density at radius 3 is 2.76 bits per heavy atom. The normalized spacial score (nSPS) is 15.3. The molecule has 0 unspecified atom stereocenters. The topological polar surface area (TPSA) is 74.4 Å². The molecule has 0 atom stereocenters. The Morgan fingerprint density at radius 2 is 2.04 bits per heavy atom. The summed E-state index contributed by atoms with van der Waals surface area (Å²) in [7, 11) is 0. The van der Waals surface area contributed by atoms with Crippen LogP contribution in [0.5, 0.6) is 0 Å². The highest BCUT2D eigenvalue weighted by Gasteiger charge is 2.22. The molecule has 1 aliphatic rings. The number of nitrogens with zero attached hydrogens (tertiary/aromatic N) is 1. The number of benzene rings is 1. The van der Waals surface area contributed by atoms with Crippen molar-refractivity contribution in [3.05, 3.63) is 28.4 Å². The Labute approximate surface area is 155 Å². The molecule has 0 spiro atoms. The van der Waals surface area contributed by atoms with E-state index >= 15 is 0 Å². The average Bonchev–Trinajstić information content (AvgIpc) is 2.94. The molecule has 0 bridgehead atoms. The third kappa shape index (κ3) is 4.22. The highest BCUT2D eigenvalue weighted by atomic mass is 79.9.